The van der Waals surface area contributed by atoms with Crippen LogP contribution in [-0.4, -0.2) is 44.6 Å². The van der Waals surface area contributed by atoms with Gasteiger partial charge in [-0.15, -0.1) is 0 Å². The van der Waals surface area contributed by atoms with Gasteiger partial charge in [-0.2, -0.15) is 5.10 Å². The molecule has 28 heavy (non-hydrogen) atoms. The summed E-state index contributed by atoms with van der Waals surface area (Å²) in [5.41, 5.74) is 3.30. The van der Waals surface area contributed by atoms with Crippen LogP contribution in [-0.2, 0) is 17.3 Å². The lowest BCUT2D eigenvalue weighted by Crippen LogP contribution is -2.51. The molecular weight excluding hydrogens is 354 g/mol. The van der Waals surface area contributed by atoms with Gasteiger partial charge < -0.3 is 14.8 Å². The summed E-state index contributed by atoms with van der Waals surface area (Å²) in [7, 11) is 1.94. The first-order chi connectivity index (χ1) is 13.6. The molecule has 1 aromatic carbocycles. The number of piperidine rings is 1. The highest BCUT2D eigenvalue weighted by Crippen LogP contribution is 2.43. The largest absolute Gasteiger partial charge is 0.349 e. The molecule has 1 fully saturated rings. The Labute approximate surface area is 162 Å². The zero-order valence-corrected chi connectivity index (χ0v) is 15.6. The molecule has 2 aliphatic heterocycles. The average Bonchev–Trinajstić information content (AvgIpc) is 3.41. The second-order valence-electron chi connectivity index (χ2n) is 7.58. The summed E-state index contributed by atoms with van der Waals surface area (Å²) >= 11 is 0. The molecule has 7 heteroatoms. The first kappa shape index (κ1) is 16.8. The number of carbonyl (C=O) groups is 2. The minimum absolute atomic E-state index is 0.0136. The lowest BCUT2D eigenvalue weighted by molar-refractivity contribution is -0.122. The minimum Gasteiger partial charge on any atom is -0.349 e. The number of amides is 2. The molecule has 4 heterocycles. The van der Waals surface area contributed by atoms with Crippen molar-refractivity contribution in [3.8, 4) is 11.4 Å². The molecule has 3 aromatic rings. The molecule has 2 aliphatic rings. The fourth-order valence-corrected chi connectivity index (χ4v) is 4.47. The highest BCUT2D eigenvalue weighted by Gasteiger charge is 2.50. The van der Waals surface area contributed by atoms with E-state index in [4.69, 9.17) is 0 Å². The topological polar surface area (TPSA) is 83.0 Å². The van der Waals surface area contributed by atoms with Gasteiger partial charge in [0.15, 0.2) is 0 Å². The molecule has 142 valence electrons. The number of likely N-dealkylation sites (tertiary alicyclic amines) is 1. The van der Waals surface area contributed by atoms with E-state index in [1.54, 1.807) is 11.0 Å². The summed E-state index contributed by atoms with van der Waals surface area (Å²) in [4.78, 5) is 27.8. The highest BCUT2D eigenvalue weighted by molar-refractivity contribution is 6.07. The van der Waals surface area contributed by atoms with Gasteiger partial charge in [0.2, 0.25) is 5.91 Å². The molecule has 2 N–H and O–H groups in total. The molecule has 1 saturated heterocycles. The number of rotatable bonds is 2. The molecular formula is C21H21N5O2. The van der Waals surface area contributed by atoms with Crippen molar-refractivity contribution in [3.05, 3.63) is 59.9 Å². The normalized spacial score (nSPS) is 21.0. The first-order valence-corrected chi connectivity index (χ1v) is 9.46. The van der Waals surface area contributed by atoms with Crippen LogP contribution in [0.5, 0.6) is 0 Å². The molecule has 1 unspecified atom stereocenters. The van der Waals surface area contributed by atoms with Crippen LogP contribution < -0.4 is 5.32 Å². The number of para-hydroxylation sites is 1. The summed E-state index contributed by atoms with van der Waals surface area (Å²) < 4.78 is 1.96. The Bertz CT molecular complexity index is 1080. The van der Waals surface area contributed by atoms with Crippen LogP contribution in [0.4, 0.5) is 5.69 Å². The Balaban J connectivity index is 1.43. The molecule has 1 atom stereocenters. The van der Waals surface area contributed by atoms with Crippen molar-refractivity contribution in [3.63, 3.8) is 0 Å². The van der Waals surface area contributed by atoms with Crippen molar-refractivity contribution < 1.29 is 9.59 Å². The van der Waals surface area contributed by atoms with Crippen LogP contribution >= 0.6 is 0 Å². The summed E-state index contributed by atoms with van der Waals surface area (Å²) in [6, 6.07) is 13.5. The standard InChI is InChI=1S/C21H21N5O2/c1-25-10-4-8-18(25)16-12-17(24-23-16)19(27)26-11-5-9-21(13-26)14-6-2-3-7-15(14)22-20(21)28/h2-4,6-8,10,12H,5,9,11,13H2,1H3,(H,22,28)(H,23,24). The van der Waals surface area contributed by atoms with Gasteiger partial charge in [-0.05, 0) is 42.7 Å². The number of fused-ring (bicyclic) bond motifs is 2. The predicted molar refractivity (Wildman–Crippen MR) is 105 cm³/mol. The summed E-state index contributed by atoms with van der Waals surface area (Å²) in [6.45, 7) is 1.02. The lowest BCUT2D eigenvalue weighted by Gasteiger charge is -2.38. The van der Waals surface area contributed by atoms with E-state index < -0.39 is 5.41 Å². The van der Waals surface area contributed by atoms with Gasteiger partial charge in [0.05, 0.1) is 11.1 Å². The SMILES string of the molecule is Cn1cccc1-c1cc(C(=O)N2CCCC3(C2)C(=O)Nc2ccccc23)[nH]n1. The van der Waals surface area contributed by atoms with Crippen molar-refractivity contribution in [2.75, 3.05) is 18.4 Å². The molecule has 7 nitrogen and oxygen atoms in total. The molecule has 0 bridgehead atoms. The van der Waals surface area contributed by atoms with E-state index in [0.717, 1.165) is 35.5 Å². The maximum atomic E-state index is 13.1. The van der Waals surface area contributed by atoms with E-state index in [-0.39, 0.29) is 11.8 Å². The fourth-order valence-electron chi connectivity index (χ4n) is 4.47. The van der Waals surface area contributed by atoms with Gasteiger partial charge in [-0.1, -0.05) is 18.2 Å². The fraction of sp³-hybridized carbons (Fsp3) is 0.286. The second-order valence-corrected chi connectivity index (χ2v) is 7.58. The molecule has 1 spiro atoms. The molecule has 0 aliphatic carbocycles. The molecule has 0 saturated carbocycles. The Hall–Kier alpha value is -3.35. The Morgan fingerprint density at radius 3 is 2.89 bits per heavy atom. The Morgan fingerprint density at radius 2 is 2.07 bits per heavy atom. The maximum Gasteiger partial charge on any atom is 0.271 e. The van der Waals surface area contributed by atoms with E-state index >= 15 is 0 Å². The van der Waals surface area contributed by atoms with E-state index in [2.05, 4.69) is 15.5 Å². The van der Waals surface area contributed by atoms with E-state index in [9.17, 15) is 9.59 Å². The second kappa shape index (κ2) is 6.09. The molecule has 2 amide bonds. The Kier molecular flexibility index (Phi) is 3.65. The number of hydrogen-bond acceptors (Lipinski definition) is 3. The molecule has 0 radical (unpaired) electrons. The lowest BCUT2D eigenvalue weighted by atomic mass is 9.75. The average molecular weight is 375 g/mol. The maximum absolute atomic E-state index is 13.1. The Morgan fingerprint density at radius 1 is 1.21 bits per heavy atom. The summed E-state index contributed by atoms with van der Waals surface area (Å²) in [5.74, 6) is -0.135. The molecule has 2 aromatic heterocycles. The van der Waals surface area contributed by atoms with Crippen LogP contribution in [0.2, 0.25) is 0 Å². The third-order valence-electron chi connectivity index (χ3n) is 5.92. The number of aryl methyl sites for hydroxylation is 1. The zero-order chi connectivity index (χ0) is 19.3. The van der Waals surface area contributed by atoms with Crippen molar-refractivity contribution in [2.45, 2.75) is 18.3 Å². The predicted octanol–water partition coefficient (Wildman–Crippen LogP) is 2.54. The van der Waals surface area contributed by atoms with Gasteiger partial charge in [0.25, 0.3) is 5.91 Å². The number of aromatic nitrogens is 3. The monoisotopic (exact) mass is 375 g/mol. The van der Waals surface area contributed by atoms with Crippen LogP contribution in [0.1, 0.15) is 28.9 Å². The number of hydrogen-bond donors (Lipinski definition) is 2. The van der Waals surface area contributed by atoms with Crippen LogP contribution in [0.3, 0.4) is 0 Å². The van der Waals surface area contributed by atoms with Crippen molar-refractivity contribution in [1.29, 1.82) is 0 Å². The summed E-state index contributed by atoms with van der Waals surface area (Å²) in [6.07, 6.45) is 3.47. The van der Waals surface area contributed by atoms with E-state index in [1.165, 1.54) is 0 Å². The zero-order valence-electron chi connectivity index (χ0n) is 15.6. The van der Waals surface area contributed by atoms with Crippen LogP contribution in [0.15, 0.2) is 48.7 Å². The smallest absolute Gasteiger partial charge is 0.271 e. The van der Waals surface area contributed by atoms with Crippen LogP contribution in [0.25, 0.3) is 11.4 Å². The number of anilines is 1. The van der Waals surface area contributed by atoms with Crippen molar-refractivity contribution in [1.82, 2.24) is 19.7 Å². The number of aromatic amines is 1. The number of carbonyl (C=O) groups excluding carboxylic acids is 2. The number of benzene rings is 1. The third kappa shape index (κ3) is 2.39. The van der Waals surface area contributed by atoms with Gasteiger partial charge >= 0.3 is 0 Å². The quantitative estimate of drug-likeness (QED) is 0.722. The van der Waals surface area contributed by atoms with Gasteiger partial charge in [-0.3, -0.25) is 14.7 Å². The van der Waals surface area contributed by atoms with Crippen LogP contribution in [0, 0.1) is 0 Å². The van der Waals surface area contributed by atoms with Gasteiger partial charge in [0.1, 0.15) is 11.4 Å². The van der Waals surface area contributed by atoms with Crippen molar-refractivity contribution >= 4 is 17.5 Å². The van der Waals surface area contributed by atoms with Gasteiger partial charge in [-0.25, -0.2) is 0 Å². The molecule has 5 rings (SSSR count). The summed E-state index contributed by atoms with van der Waals surface area (Å²) in [5, 5.41) is 10.2. The third-order valence-corrected chi connectivity index (χ3v) is 5.92. The number of H-pyrrole nitrogens is 1. The number of nitrogens with one attached hydrogen (secondary N) is 2. The van der Waals surface area contributed by atoms with Crippen molar-refractivity contribution in [2.24, 2.45) is 7.05 Å². The first-order valence-electron chi connectivity index (χ1n) is 9.46. The van der Waals surface area contributed by atoms with E-state index in [0.29, 0.717) is 18.8 Å². The highest BCUT2D eigenvalue weighted by atomic mass is 16.2. The number of nitrogens with zero attached hydrogens (tertiary/aromatic N) is 3. The van der Waals surface area contributed by atoms with Gasteiger partial charge in [0, 0.05) is 32.0 Å². The van der Waals surface area contributed by atoms with E-state index in [1.807, 2.05) is 54.2 Å². The minimum atomic E-state index is -0.661.